The van der Waals surface area contributed by atoms with Crippen molar-refractivity contribution in [3.63, 3.8) is 0 Å². The summed E-state index contributed by atoms with van der Waals surface area (Å²) in [6.45, 7) is 1.64. The summed E-state index contributed by atoms with van der Waals surface area (Å²) in [6, 6.07) is 2.79. The molecule has 2 heterocycles. The Morgan fingerprint density at radius 3 is 2.83 bits per heavy atom. The van der Waals surface area contributed by atoms with Crippen LogP contribution in [-0.4, -0.2) is 39.9 Å². The highest BCUT2D eigenvalue weighted by Gasteiger charge is 2.43. The number of carboxylic acid groups (broad SMARTS) is 1. The summed E-state index contributed by atoms with van der Waals surface area (Å²) in [6.07, 6.45) is -0.948. The fourth-order valence-corrected chi connectivity index (χ4v) is 3.75. The summed E-state index contributed by atoms with van der Waals surface area (Å²) in [5.41, 5.74) is 1.35. The molecule has 0 radical (unpaired) electrons. The van der Waals surface area contributed by atoms with Crippen molar-refractivity contribution in [2.45, 2.75) is 32.0 Å². The minimum absolute atomic E-state index is 0.137. The molecule has 23 heavy (non-hydrogen) atoms. The van der Waals surface area contributed by atoms with Gasteiger partial charge in [-0.2, -0.15) is 0 Å². The second-order valence-corrected chi connectivity index (χ2v) is 6.46. The van der Waals surface area contributed by atoms with Gasteiger partial charge in [-0.15, -0.1) is 11.3 Å². The standard InChI is InChI=1S/C16H14FNO4S/c1-8-9(6-15(20)21)10-5-13(19)11(17)7-12(10)18(8)16(22)14-3-2-4-23-14/h2-5,11-12H,6-7H2,1H3,(H,20,21). The van der Waals surface area contributed by atoms with Gasteiger partial charge >= 0.3 is 5.97 Å². The highest BCUT2D eigenvalue weighted by Crippen LogP contribution is 2.41. The number of hydrogen-bond acceptors (Lipinski definition) is 4. The number of halogens is 1. The number of alkyl halides is 1. The van der Waals surface area contributed by atoms with Crippen LogP contribution in [0.2, 0.25) is 0 Å². The maximum absolute atomic E-state index is 13.8. The van der Waals surface area contributed by atoms with Crippen molar-refractivity contribution in [2.24, 2.45) is 0 Å². The average molecular weight is 335 g/mol. The van der Waals surface area contributed by atoms with Gasteiger partial charge in [0.05, 0.1) is 17.3 Å². The number of nitrogens with zero attached hydrogens (tertiary/aromatic N) is 1. The van der Waals surface area contributed by atoms with Gasteiger partial charge in [0, 0.05) is 12.1 Å². The Kier molecular flexibility index (Phi) is 3.89. The monoisotopic (exact) mass is 335 g/mol. The zero-order chi connectivity index (χ0) is 16.7. The first-order valence-corrected chi connectivity index (χ1v) is 7.96. The maximum atomic E-state index is 13.8. The molecule has 120 valence electrons. The molecule has 0 saturated carbocycles. The molecule has 2 aliphatic rings. The van der Waals surface area contributed by atoms with Crippen LogP contribution in [0.1, 0.15) is 29.4 Å². The Morgan fingerprint density at radius 2 is 2.22 bits per heavy atom. The third kappa shape index (κ3) is 2.61. The summed E-state index contributed by atoms with van der Waals surface area (Å²) in [7, 11) is 0. The summed E-state index contributed by atoms with van der Waals surface area (Å²) < 4.78 is 13.8. The predicted molar refractivity (Wildman–Crippen MR) is 81.8 cm³/mol. The first-order chi connectivity index (χ1) is 10.9. The van der Waals surface area contributed by atoms with Crippen LogP contribution < -0.4 is 0 Å². The molecule has 1 amide bonds. The SMILES string of the molecule is CC1=C(CC(=O)O)C2=CC(=O)C(F)CC2N1C(=O)c1cccs1. The average Bonchev–Trinajstić information content (AvgIpc) is 3.09. The topological polar surface area (TPSA) is 74.7 Å². The van der Waals surface area contributed by atoms with E-state index in [1.54, 1.807) is 24.4 Å². The van der Waals surface area contributed by atoms with Gasteiger partial charge in [-0.3, -0.25) is 14.4 Å². The van der Waals surface area contributed by atoms with Gasteiger partial charge in [0.25, 0.3) is 5.91 Å². The van der Waals surface area contributed by atoms with Crippen molar-refractivity contribution in [1.82, 2.24) is 4.90 Å². The predicted octanol–water partition coefficient (Wildman–Crippen LogP) is 2.56. The van der Waals surface area contributed by atoms with Crippen LogP contribution in [0.4, 0.5) is 4.39 Å². The van der Waals surface area contributed by atoms with E-state index < -0.39 is 24.0 Å². The minimum atomic E-state index is -1.67. The number of allylic oxidation sites excluding steroid dienone is 2. The molecular formula is C16H14FNO4S. The van der Waals surface area contributed by atoms with Crippen molar-refractivity contribution < 1.29 is 23.9 Å². The Hall–Kier alpha value is -2.28. The number of thiophene rings is 1. The number of carboxylic acids is 1. The Labute approximate surface area is 135 Å². The minimum Gasteiger partial charge on any atom is -0.481 e. The third-order valence-corrected chi connectivity index (χ3v) is 4.99. The van der Waals surface area contributed by atoms with Gasteiger partial charge in [-0.25, -0.2) is 4.39 Å². The number of aliphatic carboxylic acids is 1. The molecule has 2 unspecified atom stereocenters. The lowest BCUT2D eigenvalue weighted by molar-refractivity contribution is -0.136. The molecule has 5 nitrogen and oxygen atoms in total. The van der Waals surface area contributed by atoms with Crippen molar-refractivity contribution in [2.75, 3.05) is 0 Å². The molecule has 0 spiro atoms. The zero-order valence-corrected chi connectivity index (χ0v) is 13.1. The number of carbonyl (C=O) groups is 3. The van der Waals surface area contributed by atoms with E-state index in [0.29, 0.717) is 21.7 Å². The van der Waals surface area contributed by atoms with Crippen LogP contribution in [-0.2, 0) is 9.59 Å². The molecular weight excluding hydrogens is 321 g/mol. The van der Waals surface area contributed by atoms with E-state index in [4.69, 9.17) is 5.11 Å². The van der Waals surface area contributed by atoms with Crippen LogP contribution >= 0.6 is 11.3 Å². The van der Waals surface area contributed by atoms with E-state index in [9.17, 15) is 18.8 Å². The number of ketones is 1. The van der Waals surface area contributed by atoms with Crippen molar-refractivity contribution >= 4 is 29.0 Å². The lowest BCUT2D eigenvalue weighted by Gasteiger charge is -2.29. The Balaban J connectivity index is 2.06. The molecule has 3 rings (SSSR count). The normalized spacial score (nSPS) is 23.8. The van der Waals surface area contributed by atoms with Gasteiger partial charge < -0.3 is 10.0 Å². The molecule has 0 fully saturated rings. The lowest BCUT2D eigenvalue weighted by atomic mass is 9.88. The van der Waals surface area contributed by atoms with E-state index in [1.165, 1.54) is 16.2 Å². The number of fused-ring (bicyclic) bond motifs is 1. The highest BCUT2D eigenvalue weighted by atomic mass is 32.1. The third-order valence-electron chi connectivity index (χ3n) is 4.13. The molecule has 7 heteroatoms. The first kappa shape index (κ1) is 15.6. The molecule has 2 atom stereocenters. The summed E-state index contributed by atoms with van der Waals surface area (Å²) in [5, 5.41) is 10.9. The number of rotatable bonds is 3. The quantitative estimate of drug-likeness (QED) is 0.921. The number of hydrogen-bond donors (Lipinski definition) is 1. The fourth-order valence-electron chi connectivity index (χ4n) is 3.09. The number of carbonyl (C=O) groups excluding carboxylic acids is 2. The first-order valence-electron chi connectivity index (χ1n) is 7.08. The van der Waals surface area contributed by atoms with Gasteiger partial charge in [-0.05, 0) is 35.6 Å². The number of amides is 1. The van der Waals surface area contributed by atoms with E-state index in [-0.39, 0.29) is 18.7 Å². The van der Waals surface area contributed by atoms with Crippen LogP contribution in [0.5, 0.6) is 0 Å². The summed E-state index contributed by atoms with van der Waals surface area (Å²) in [5.74, 6) is -2.02. The smallest absolute Gasteiger partial charge is 0.307 e. The van der Waals surface area contributed by atoms with Gasteiger partial charge in [0.2, 0.25) is 0 Å². The van der Waals surface area contributed by atoms with Crippen molar-refractivity contribution in [3.05, 3.63) is 45.3 Å². The van der Waals surface area contributed by atoms with Crippen molar-refractivity contribution in [3.8, 4) is 0 Å². The molecule has 0 bridgehead atoms. The molecule has 0 saturated heterocycles. The highest BCUT2D eigenvalue weighted by molar-refractivity contribution is 7.12. The zero-order valence-electron chi connectivity index (χ0n) is 12.3. The Bertz CT molecular complexity index is 750. The van der Waals surface area contributed by atoms with Crippen LogP contribution in [0.3, 0.4) is 0 Å². The van der Waals surface area contributed by atoms with E-state index in [0.717, 1.165) is 6.08 Å². The second kappa shape index (κ2) is 5.73. The molecule has 0 aromatic carbocycles. The molecule has 1 aliphatic carbocycles. The molecule has 1 N–H and O–H groups in total. The van der Waals surface area contributed by atoms with Gasteiger partial charge in [-0.1, -0.05) is 6.07 Å². The summed E-state index contributed by atoms with van der Waals surface area (Å²) in [4.78, 5) is 37.4. The van der Waals surface area contributed by atoms with E-state index >= 15 is 0 Å². The van der Waals surface area contributed by atoms with Crippen LogP contribution in [0.25, 0.3) is 0 Å². The Morgan fingerprint density at radius 1 is 1.48 bits per heavy atom. The second-order valence-electron chi connectivity index (χ2n) is 5.51. The lowest BCUT2D eigenvalue weighted by Crippen LogP contribution is -2.40. The van der Waals surface area contributed by atoms with E-state index in [2.05, 4.69) is 0 Å². The largest absolute Gasteiger partial charge is 0.481 e. The van der Waals surface area contributed by atoms with Crippen LogP contribution in [0.15, 0.2) is 40.4 Å². The van der Waals surface area contributed by atoms with Gasteiger partial charge in [0.15, 0.2) is 12.0 Å². The summed E-state index contributed by atoms with van der Waals surface area (Å²) >= 11 is 1.27. The van der Waals surface area contributed by atoms with Crippen molar-refractivity contribution in [1.29, 1.82) is 0 Å². The van der Waals surface area contributed by atoms with Gasteiger partial charge in [0.1, 0.15) is 0 Å². The van der Waals surface area contributed by atoms with E-state index in [1.807, 2.05) is 0 Å². The molecule has 1 aromatic rings. The van der Waals surface area contributed by atoms with Crippen LogP contribution in [0, 0.1) is 0 Å². The molecule has 1 aromatic heterocycles. The fraction of sp³-hybridized carbons (Fsp3) is 0.312. The maximum Gasteiger partial charge on any atom is 0.307 e. The molecule has 1 aliphatic heterocycles.